The second-order valence-electron chi connectivity index (χ2n) is 5.31. The third kappa shape index (κ3) is 3.68. The number of nitrogens with one attached hydrogen (secondary N) is 1. The van der Waals surface area contributed by atoms with Gasteiger partial charge in [-0.15, -0.1) is 0 Å². The third-order valence-electron chi connectivity index (χ3n) is 3.65. The zero-order valence-electron chi connectivity index (χ0n) is 13.3. The van der Waals surface area contributed by atoms with Gasteiger partial charge >= 0.3 is 0 Å². The number of nitrogens with zero attached hydrogens (tertiary/aromatic N) is 1. The first kappa shape index (κ1) is 15.9. The molecule has 0 radical (unpaired) electrons. The second kappa shape index (κ2) is 7.08. The summed E-state index contributed by atoms with van der Waals surface area (Å²) in [6.45, 7) is 2.24. The predicted molar refractivity (Wildman–Crippen MR) is 85.8 cm³/mol. The van der Waals surface area contributed by atoms with E-state index >= 15 is 0 Å². The first-order valence-electron chi connectivity index (χ1n) is 7.60. The SMILES string of the molecule is CC(=O)N(CCC(=O)NCc1ccco1)c1ccc2c(c1)OCO2. The molecule has 0 saturated carbocycles. The number of hydrogen-bond donors (Lipinski definition) is 1. The van der Waals surface area contributed by atoms with Crippen LogP contribution in [0.5, 0.6) is 11.5 Å². The summed E-state index contributed by atoms with van der Waals surface area (Å²) in [5.41, 5.74) is 0.672. The molecule has 0 bridgehead atoms. The van der Waals surface area contributed by atoms with Crippen LogP contribution in [0.1, 0.15) is 19.1 Å². The van der Waals surface area contributed by atoms with Crippen LogP contribution in [0.15, 0.2) is 41.0 Å². The fourth-order valence-electron chi connectivity index (χ4n) is 2.42. The van der Waals surface area contributed by atoms with E-state index in [9.17, 15) is 9.59 Å². The summed E-state index contributed by atoms with van der Waals surface area (Å²) in [5.74, 6) is 1.63. The summed E-state index contributed by atoms with van der Waals surface area (Å²) < 4.78 is 15.7. The van der Waals surface area contributed by atoms with E-state index in [0.29, 0.717) is 29.5 Å². The lowest BCUT2D eigenvalue weighted by Crippen LogP contribution is -2.33. The molecule has 0 spiro atoms. The average Bonchev–Trinajstić information content (AvgIpc) is 3.23. The molecule has 1 aliphatic rings. The highest BCUT2D eigenvalue weighted by molar-refractivity contribution is 5.92. The number of ether oxygens (including phenoxy) is 2. The van der Waals surface area contributed by atoms with Gasteiger partial charge in [-0.25, -0.2) is 0 Å². The zero-order valence-corrected chi connectivity index (χ0v) is 13.3. The normalized spacial score (nSPS) is 12.0. The van der Waals surface area contributed by atoms with E-state index < -0.39 is 0 Å². The molecular formula is C17H18N2O5. The standard InChI is InChI=1S/C17H18N2O5/c1-12(20)19(13-4-5-15-16(9-13)24-11-23-15)7-6-17(21)18-10-14-3-2-8-22-14/h2-5,8-9H,6-7,10-11H2,1H3,(H,18,21). The molecule has 126 valence electrons. The smallest absolute Gasteiger partial charge is 0.231 e. The Hall–Kier alpha value is -2.96. The number of rotatable bonds is 6. The minimum absolute atomic E-state index is 0.146. The molecule has 24 heavy (non-hydrogen) atoms. The van der Waals surface area contributed by atoms with Crippen LogP contribution < -0.4 is 19.7 Å². The van der Waals surface area contributed by atoms with Crippen molar-refractivity contribution in [2.24, 2.45) is 0 Å². The summed E-state index contributed by atoms with van der Waals surface area (Å²) in [4.78, 5) is 25.4. The number of benzene rings is 1. The van der Waals surface area contributed by atoms with Gasteiger partial charge in [0, 0.05) is 31.6 Å². The van der Waals surface area contributed by atoms with Gasteiger partial charge in [0.25, 0.3) is 0 Å². The minimum atomic E-state index is -0.154. The van der Waals surface area contributed by atoms with Gasteiger partial charge in [-0.3, -0.25) is 9.59 Å². The maximum atomic E-state index is 11.9. The Kier molecular flexibility index (Phi) is 4.69. The summed E-state index contributed by atoms with van der Waals surface area (Å²) in [6, 6.07) is 8.82. The largest absolute Gasteiger partial charge is 0.467 e. The Bertz CT molecular complexity index is 727. The summed E-state index contributed by atoms with van der Waals surface area (Å²) >= 11 is 0. The molecule has 0 unspecified atom stereocenters. The molecule has 2 heterocycles. The van der Waals surface area contributed by atoms with E-state index in [2.05, 4.69) is 5.32 Å². The molecule has 1 N–H and O–H groups in total. The first-order chi connectivity index (χ1) is 11.6. The van der Waals surface area contributed by atoms with Crippen LogP contribution in [0.3, 0.4) is 0 Å². The van der Waals surface area contributed by atoms with Gasteiger partial charge in [0.15, 0.2) is 11.5 Å². The number of furan rings is 1. The van der Waals surface area contributed by atoms with Crippen LogP contribution in [-0.4, -0.2) is 25.2 Å². The molecule has 7 heteroatoms. The van der Waals surface area contributed by atoms with Gasteiger partial charge in [0.1, 0.15) is 5.76 Å². The number of carbonyl (C=O) groups is 2. The van der Waals surface area contributed by atoms with Crippen LogP contribution in [0.2, 0.25) is 0 Å². The van der Waals surface area contributed by atoms with Crippen molar-refractivity contribution in [1.82, 2.24) is 5.32 Å². The molecule has 3 rings (SSSR count). The number of anilines is 1. The van der Waals surface area contributed by atoms with Gasteiger partial charge in [-0.1, -0.05) is 0 Å². The van der Waals surface area contributed by atoms with Crippen LogP contribution in [0, 0.1) is 0 Å². The third-order valence-corrected chi connectivity index (χ3v) is 3.65. The molecule has 0 atom stereocenters. The van der Waals surface area contributed by atoms with Crippen molar-refractivity contribution in [1.29, 1.82) is 0 Å². The molecule has 1 aromatic carbocycles. The Balaban J connectivity index is 1.58. The summed E-state index contributed by atoms with van der Waals surface area (Å²) in [7, 11) is 0. The lowest BCUT2D eigenvalue weighted by atomic mass is 10.2. The van der Waals surface area contributed by atoms with E-state index in [1.165, 1.54) is 11.8 Å². The van der Waals surface area contributed by atoms with Crippen molar-refractivity contribution in [3.63, 3.8) is 0 Å². The van der Waals surface area contributed by atoms with E-state index in [1.54, 1.807) is 36.6 Å². The Morgan fingerprint density at radius 2 is 2.04 bits per heavy atom. The molecular weight excluding hydrogens is 312 g/mol. The maximum Gasteiger partial charge on any atom is 0.231 e. The van der Waals surface area contributed by atoms with Gasteiger partial charge < -0.3 is 24.1 Å². The van der Waals surface area contributed by atoms with Crippen molar-refractivity contribution in [2.75, 3.05) is 18.2 Å². The van der Waals surface area contributed by atoms with Crippen molar-refractivity contribution < 1.29 is 23.5 Å². The quantitative estimate of drug-likeness (QED) is 0.877. The number of hydrogen-bond acceptors (Lipinski definition) is 5. The summed E-state index contributed by atoms with van der Waals surface area (Å²) in [6.07, 6.45) is 1.74. The fraction of sp³-hybridized carbons (Fsp3) is 0.294. The molecule has 1 aliphatic heterocycles. The first-order valence-corrected chi connectivity index (χ1v) is 7.60. The van der Waals surface area contributed by atoms with Crippen molar-refractivity contribution in [2.45, 2.75) is 19.9 Å². The lowest BCUT2D eigenvalue weighted by Gasteiger charge is -2.21. The van der Waals surface area contributed by atoms with E-state index in [0.717, 1.165) is 0 Å². The number of amides is 2. The Morgan fingerprint density at radius 1 is 1.21 bits per heavy atom. The molecule has 2 aromatic rings. The predicted octanol–water partition coefficient (Wildman–Crippen LogP) is 2.07. The molecule has 2 amide bonds. The van der Waals surface area contributed by atoms with Crippen LogP contribution >= 0.6 is 0 Å². The second-order valence-corrected chi connectivity index (χ2v) is 5.31. The molecule has 0 saturated heterocycles. The van der Waals surface area contributed by atoms with Crippen LogP contribution in [-0.2, 0) is 16.1 Å². The topological polar surface area (TPSA) is 81.0 Å². The number of fused-ring (bicyclic) bond motifs is 1. The van der Waals surface area contributed by atoms with Gasteiger partial charge in [-0.2, -0.15) is 0 Å². The van der Waals surface area contributed by atoms with Crippen LogP contribution in [0.4, 0.5) is 5.69 Å². The fourth-order valence-corrected chi connectivity index (χ4v) is 2.42. The molecule has 0 fully saturated rings. The van der Waals surface area contributed by atoms with Gasteiger partial charge in [0.2, 0.25) is 18.6 Å². The van der Waals surface area contributed by atoms with Gasteiger partial charge in [-0.05, 0) is 24.3 Å². The highest BCUT2D eigenvalue weighted by Crippen LogP contribution is 2.35. The highest BCUT2D eigenvalue weighted by atomic mass is 16.7. The van der Waals surface area contributed by atoms with E-state index in [1.807, 2.05) is 0 Å². The minimum Gasteiger partial charge on any atom is -0.467 e. The Labute approximate surface area is 139 Å². The van der Waals surface area contributed by atoms with Crippen molar-refractivity contribution in [3.05, 3.63) is 42.4 Å². The number of carbonyl (C=O) groups excluding carboxylic acids is 2. The molecule has 7 nitrogen and oxygen atoms in total. The molecule has 1 aromatic heterocycles. The lowest BCUT2D eigenvalue weighted by molar-refractivity contribution is -0.121. The summed E-state index contributed by atoms with van der Waals surface area (Å²) in [5, 5.41) is 2.76. The monoisotopic (exact) mass is 330 g/mol. The zero-order chi connectivity index (χ0) is 16.9. The Morgan fingerprint density at radius 3 is 2.79 bits per heavy atom. The van der Waals surface area contributed by atoms with Crippen molar-refractivity contribution in [3.8, 4) is 11.5 Å². The maximum absolute atomic E-state index is 11.9. The van der Waals surface area contributed by atoms with Crippen LogP contribution in [0.25, 0.3) is 0 Å². The average molecular weight is 330 g/mol. The van der Waals surface area contributed by atoms with E-state index in [4.69, 9.17) is 13.9 Å². The molecule has 0 aliphatic carbocycles. The highest BCUT2D eigenvalue weighted by Gasteiger charge is 2.18. The van der Waals surface area contributed by atoms with Gasteiger partial charge in [0.05, 0.1) is 12.8 Å². The van der Waals surface area contributed by atoms with Crippen molar-refractivity contribution >= 4 is 17.5 Å². The van der Waals surface area contributed by atoms with E-state index in [-0.39, 0.29) is 31.6 Å².